The summed E-state index contributed by atoms with van der Waals surface area (Å²) in [6, 6.07) is 6.59. The molecule has 2 heterocycles. The van der Waals surface area contributed by atoms with E-state index in [0.717, 1.165) is 67.1 Å². The fourth-order valence-electron chi connectivity index (χ4n) is 3.87. The summed E-state index contributed by atoms with van der Waals surface area (Å²) in [6.45, 7) is 3.94. The van der Waals surface area contributed by atoms with Crippen LogP contribution in [0.1, 0.15) is 29.8 Å². The first-order valence-corrected chi connectivity index (χ1v) is 9.60. The largest absolute Gasteiger partial charge is 0.370 e. The molecule has 0 atom stereocenters. The lowest BCUT2D eigenvalue weighted by Gasteiger charge is -2.15. The first-order chi connectivity index (χ1) is 13.0. The number of nitrogens with one attached hydrogen (secondary N) is 1. The van der Waals surface area contributed by atoms with Crippen molar-refractivity contribution in [2.75, 3.05) is 32.5 Å². The van der Waals surface area contributed by atoms with Crippen molar-refractivity contribution in [2.24, 2.45) is 0 Å². The Bertz CT molecular complexity index is 959. The third-order valence-corrected chi connectivity index (χ3v) is 5.17. The van der Waals surface area contributed by atoms with Crippen LogP contribution in [0.15, 0.2) is 24.3 Å². The number of rotatable bonds is 6. The number of benzene rings is 1. The minimum absolute atomic E-state index is 0.232. The van der Waals surface area contributed by atoms with Gasteiger partial charge >= 0.3 is 0 Å². The number of hydrogen-bond acceptors (Lipinski definition) is 4. The van der Waals surface area contributed by atoms with Gasteiger partial charge in [0.25, 0.3) is 0 Å². The molecule has 1 N–H and O–H groups in total. The Morgan fingerprint density at radius 2 is 1.96 bits per heavy atom. The molecule has 2 aromatic heterocycles. The Labute approximate surface area is 159 Å². The molecule has 3 aromatic rings. The molecule has 0 amide bonds. The molecular formula is C21H26FN5. The van der Waals surface area contributed by atoms with Crippen LogP contribution in [0.25, 0.3) is 16.8 Å². The average Bonchev–Trinajstić information content (AvgIpc) is 3.22. The van der Waals surface area contributed by atoms with Gasteiger partial charge in [0.05, 0.1) is 5.69 Å². The molecule has 0 radical (unpaired) electrons. The van der Waals surface area contributed by atoms with Gasteiger partial charge in [-0.3, -0.25) is 0 Å². The summed E-state index contributed by atoms with van der Waals surface area (Å²) in [5.41, 5.74) is 6.17. The van der Waals surface area contributed by atoms with Crippen LogP contribution in [0.3, 0.4) is 0 Å². The van der Waals surface area contributed by atoms with Gasteiger partial charge in [0.2, 0.25) is 0 Å². The molecule has 4 rings (SSSR count). The maximum atomic E-state index is 13.4. The summed E-state index contributed by atoms with van der Waals surface area (Å²) in [4.78, 5) is 7.14. The summed E-state index contributed by atoms with van der Waals surface area (Å²) in [6.07, 6.45) is 4.24. The van der Waals surface area contributed by atoms with Crippen molar-refractivity contribution in [3.63, 3.8) is 0 Å². The van der Waals surface area contributed by atoms with Crippen molar-refractivity contribution in [1.29, 1.82) is 0 Å². The zero-order chi connectivity index (χ0) is 19.0. The molecule has 0 fully saturated rings. The van der Waals surface area contributed by atoms with Gasteiger partial charge in [0, 0.05) is 23.4 Å². The Morgan fingerprint density at radius 1 is 1.19 bits per heavy atom. The summed E-state index contributed by atoms with van der Waals surface area (Å²) in [7, 11) is 4.18. The summed E-state index contributed by atoms with van der Waals surface area (Å²) in [5, 5.41) is 8.41. The van der Waals surface area contributed by atoms with E-state index in [2.05, 4.69) is 24.3 Å². The minimum atomic E-state index is -0.232. The van der Waals surface area contributed by atoms with Crippen molar-refractivity contribution in [1.82, 2.24) is 19.5 Å². The van der Waals surface area contributed by atoms with Crippen LogP contribution in [0.2, 0.25) is 0 Å². The molecule has 0 bridgehead atoms. The topological polar surface area (TPSA) is 45.5 Å². The highest BCUT2D eigenvalue weighted by atomic mass is 19.1. The molecule has 1 aliphatic carbocycles. The van der Waals surface area contributed by atoms with Gasteiger partial charge in [0.1, 0.15) is 11.6 Å². The molecule has 1 aliphatic rings. The zero-order valence-corrected chi connectivity index (χ0v) is 16.2. The first-order valence-electron chi connectivity index (χ1n) is 9.60. The van der Waals surface area contributed by atoms with E-state index < -0.39 is 0 Å². The molecule has 142 valence electrons. The van der Waals surface area contributed by atoms with E-state index in [1.54, 1.807) is 12.1 Å². The van der Waals surface area contributed by atoms with Gasteiger partial charge in [0.15, 0.2) is 5.65 Å². The number of aromatic nitrogens is 3. The lowest BCUT2D eigenvalue weighted by molar-refractivity contribution is 0.405. The number of nitrogens with zero attached hydrogens (tertiary/aromatic N) is 4. The second-order valence-electron chi connectivity index (χ2n) is 7.53. The van der Waals surface area contributed by atoms with Crippen molar-refractivity contribution < 1.29 is 4.39 Å². The van der Waals surface area contributed by atoms with Crippen LogP contribution < -0.4 is 5.32 Å². The summed E-state index contributed by atoms with van der Waals surface area (Å²) >= 11 is 0. The second kappa shape index (κ2) is 7.27. The van der Waals surface area contributed by atoms with Crippen molar-refractivity contribution in [3.8, 4) is 11.1 Å². The van der Waals surface area contributed by atoms with Gasteiger partial charge in [-0.1, -0.05) is 12.1 Å². The minimum Gasteiger partial charge on any atom is -0.370 e. The van der Waals surface area contributed by atoms with Crippen LogP contribution in [-0.4, -0.2) is 46.7 Å². The quantitative estimate of drug-likeness (QED) is 0.675. The highest BCUT2D eigenvalue weighted by Crippen LogP contribution is 2.34. The van der Waals surface area contributed by atoms with E-state index in [-0.39, 0.29) is 5.82 Å². The summed E-state index contributed by atoms with van der Waals surface area (Å²) in [5.74, 6) is 0.840. The fraction of sp³-hybridized carbons (Fsp3) is 0.429. The van der Waals surface area contributed by atoms with Crippen molar-refractivity contribution in [2.45, 2.75) is 32.6 Å². The normalized spacial score (nSPS) is 13.5. The number of halogens is 1. The second-order valence-corrected chi connectivity index (χ2v) is 7.53. The SMILES string of the molecule is Cc1nn2c(NCCCN(C)C)c3c(nc2c1-c1ccc(F)cc1)CCC3. The fourth-order valence-corrected chi connectivity index (χ4v) is 3.87. The van der Waals surface area contributed by atoms with E-state index in [0.29, 0.717) is 0 Å². The van der Waals surface area contributed by atoms with Gasteiger partial charge in [-0.05, 0) is 70.9 Å². The molecule has 6 heteroatoms. The molecular weight excluding hydrogens is 341 g/mol. The standard InChI is InChI=1S/C21H26FN5/c1-14-19(15-8-10-16(22)11-9-15)21-24-18-7-4-6-17(18)20(27(21)25-14)23-12-5-13-26(2)3/h8-11,23H,4-7,12-13H2,1-3H3. The third-order valence-electron chi connectivity index (χ3n) is 5.17. The first kappa shape index (κ1) is 17.9. The van der Waals surface area contributed by atoms with Crippen LogP contribution in [0.4, 0.5) is 10.2 Å². The molecule has 1 aromatic carbocycles. The summed E-state index contributed by atoms with van der Waals surface area (Å²) < 4.78 is 15.3. The molecule has 5 nitrogen and oxygen atoms in total. The Balaban J connectivity index is 1.78. The Morgan fingerprint density at radius 3 is 2.70 bits per heavy atom. The van der Waals surface area contributed by atoms with E-state index in [4.69, 9.17) is 10.1 Å². The molecule has 0 aliphatic heterocycles. The third kappa shape index (κ3) is 3.41. The number of aryl methyl sites for hydroxylation is 2. The monoisotopic (exact) mass is 367 g/mol. The maximum Gasteiger partial charge on any atom is 0.165 e. The lowest BCUT2D eigenvalue weighted by Crippen LogP contribution is -2.18. The molecule has 0 saturated carbocycles. The van der Waals surface area contributed by atoms with E-state index >= 15 is 0 Å². The van der Waals surface area contributed by atoms with Crippen LogP contribution >= 0.6 is 0 Å². The Hall–Kier alpha value is -2.47. The zero-order valence-electron chi connectivity index (χ0n) is 16.2. The van der Waals surface area contributed by atoms with Crippen LogP contribution in [-0.2, 0) is 12.8 Å². The van der Waals surface area contributed by atoms with Gasteiger partial charge in [-0.15, -0.1) is 0 Å². The van der Waals surface area contributed by atoms with Crippen LogP contribution in [0.5, 0.6) is 0 Å². The van der Waals surface area contributed by atoms with Crippen molar-refractivity contribution >= 4 is 11.5 Å². The van der Waals surface area contributed by atoms with E-state index in [9.17, 15) is 4.39 Å². The van der Waals surface area contributed by atoms with Crippen LogP contribution in [0, 0.1) is 12.7 Å². The average molecular weight is 367 g/mol. The molecule has 0 unspecified atom stereocenters. The van der Waals surface area contributed by atoms with Gasteiger partial charge in [-0.2, -0.15) is 9.61 Å². The Kier molecular flexibility index (Phi) is 4.83. The maximum absolute atomic E-state index is 13.4. The van der Waals surface area contributed by atoms with E-state index in [1.165, 1.54) is 23.4 Å². The molecule has 27 heavy (non-hydrogen) atoms. The number of anilines is 1. The predicted molar refractivity (Wildman–Crippen MR) is 107 cm³/mol. The van der Waals surface area contributed by atoms with Crippen molar-refractivity contribution in [3.05, 3.63) is 47.0 Å². The van der Waals surface area contributed by atoms with E-state index in [1.807, 2.05) is 11.4 Å². The lowest BCUT2D eigenvalue weighted by atomic mass is 10.1. The smallest absolute Gasteiger partial charge is 0.165 e. The molecule has 0 spiro atoms. The molecule has 0 saturated heterocycles. The highest BCUT2D eigenvalue weighted by Gasteiger charge is 2.23. The van der Waals surface area contributed by atoms with Gasteiger partial charge in [-0.25, -0.2) is 9.37 Å². The predicted octanol–water partition coefficient (Wildman–Crippen LogP) is 3.70. The van der Waals surface area contributed by atoms with Gasteiger partial charge < -0.3 is 10.2 Å². The number of fused-ring (bicyclic) bond motifs is 2. The number of hydrogen-bond donors (Lipinski definition) is 1. The highest BCUT2D eigenvalue weighted by molar-refractivity contribution is 5.81.